The second-order valence-corrected chi connectivity index (χ2v) is 7.03. The molecule has 114 valence electrons. The summed E-state index contributed by atoms with van der Waals surface area (Å²) in [5.41, 5.74) is 0. The lowest BCUT2D eigenvalue weighted by Gasteiger charge is -2.28. The van der Waals surface area contributed by atoms with Crippen molar-refractivity contribution in [2.24, 2.45) is 5.14 Å². The van der Waals surface area contributed by atoms with Gasteiger partial charge in [-0.05, 0) is 38.5 Å². The van der Waals surface area contributed by atoms with Gasteiger partial charge in [0.15, 0.2) is 0 Å². The molecule has 0 aromatic rings. The van der Waals surface area contributed by atoms with E-state index in [2.05, 4.69) is 0 Å². The molecule has 0 saturated heterocycles. The quantitative estimate of drug-likeness (QED) is 0.658. The van der Waals surface area contributed by atoms with Gasteiger partial charge in [-0.3, -0.25) is 0 Å². The van der Waals surface area contributed by atoms with Crippen molar-refractivity contribution in [1.82, 2.24) is 0 Å². The third-order valence-electron chi connectivity index (χ3n) is 3.59. The van der Waals surface area contributed by atoms with Crippen molar-refractivity contribution in [2.45, 2.75) is 63.6 Å². The number of sulfonamides is 1. The highest BCUT2D eigenvalue weighted by atomic mass is 32.2. The molecule has 0 aromatic carbocycles. The standard InChI is InChI=1S/C13H27NO4S/c1-17-12-7-6-8-13(11-12)18-9-4-2-3-5-10-19(14,15)16/h12-13H,2-11H2,1H3,(H2,14,15,16). The molecule has 2 unspecified atom stereocenters. The molecule has 2 N–H and O–H groups in total. The Morgan fingerprint density at radius 3 is 2.47 bits per heavy atom. The molecule has 19 heavy (non-hydrogen) atoms. The number of hydrogen-bond donors (Lipinski definition) is 1. The molecule has 2 atom stereocenters. The molecule has 6 heteroatoms. The van der Waals surface area contributed by atoms with Gasteiger partial charge in [0.25, 0.3) is 0 Å². The van der Waals surface area contributed by atoms with Gasteiger partial charge >= 0.3 is 0 Å². The lowest BCUT2D eigenvalue weighted by Crippen LogP contribution is -2.27. The Kier molecular flexibility index (Phi) is 7.90. The van der Waals surface area contributed by atoms with Crippen LogP contribution in [-0.4, -0.2) is 40.1 Å². The average Bonchev–Trinajstić information content (AvgIpc) is 2.36. The lowest BCUT2D eigenvalue weighted by atomic mass is 9.95. The predicted molar refractivity (Wildman–Crippen MR) is 75.4 cm³/mol. The molecule has 0 amide bonds. The lowest BCUT2D eigenvalue weighted by molar-refractivity contribution is -0.0303. The van der Waals surface area contributed by atoms with Crippen LogP contribution in [0.4, 0.5) is 0 Å². The zero-order valence-electron chi connectivity index (χ0n) is 11.8. The van der Waals surface area contributed by atoms with Crippen LogP contribution in [0.25, 0.3) is 0 Å². The Balaban J connectivity index is 1.96. The molecule has 0 bridgehead atoms. The summed E-state index contributed by atoms with van der Waals surface area (Å²) < 4.78 is 32.7. The van der Waals surface area contributed by atoms with Crippen molar-refractivity contribution < 1.29 is 17.9 Å². The van der Waals surface area contributed by atoms with Gasteiger partial charge in [0.05, 0.1) is 18.0 Å². The molecule has 0 aromatic heterocycles. The highest BCUT2D eigenvalue weighted by Crippen LogP contribution is 2.23. The minimum Gasteiger partial charge on any atom is -0.381 e. The van der Waals surface area contributed by atoms with Crippen LogP contribution in [-0.2, 0) is 19.5 Å². The fourth-order valence-electron chi connectivity index (χ4n) is 2.48. The van der Waals surface area contributed by atoms with Crippen LogP contribution in [0.2, 0.25) is 0 Å². The molecule has 0 heterocycles. The Morgan fingerprint density at radius 1 is 1.11 bits per heavy atom. The van der Waals surface area contributed by atoms with Gasteiger partial charge < -0.3 is 9.47 Å². The van der Waals surface area contributed by atoms with Crippen LogP contribution in [0, 0.1) is 0 Å². The highest BCUT2D eigenvalue weighted by Gasteiger charge is 2.21. The van der Waals surface area contributed by atoms with Crippen LogP contribution in [0.15, 0.2) is 0 Å². The van der Waals surface area contributed by atoms with E-state index in [9.17, 15) is 8.42 Å². The summed E-state index contributed by atoms with van der Waals surface area (Å²) in [5.74, 6) is 0.0893. The number of primary sulfonamides is 1. The minimum atomic E-state index is -3.29. The maximum absolute atomic E-state index is 10.7. The SMILES string of the molecule is COC1CCCC(OCCCCCCS(N)(=O)=O)C1. The summed E-state index contributed by atoms with van der Waals surface area (Å²) in [4.78, 5) is 0. The number of rotatable bonds is 9. The summed E-state index contributed by atoms with van der Waals surface area (Å²) in [6.45, 7) is 0.760. The first kappa shape index (κ1) is 16.9. The summed E-state index contributed by atoms with van der Waals surface area (Å²) in [5, 5.41) is 4.94. The van der Waals surface area contributed by atoms with Crippen LogP contribution in [0.5, 0.6) is 0 Å². The zero-order valence-corrected chi connectivity index (χ0v) is 12.7. The van der Waals surface area contributed by atoms with Crippen LogP contribution < -0.4 is 5.14 Å². The van der Waals surface area contributed by atoms with Crippen molar-refractivity contribution >= 4 is 10.0 Å². The molecular weight excluding hydrogens is 266 g/mol. The summed E-state index contributed by atoms with van der Waals surface area (Å²) in [6.07, 6.45) is 8.67. The third-order valence-corrected chi connectivity index (χ3v) is 4.45. The molecule has 0 aliphatic heterocycles. The van der Waals surface area contributed by atoms with Gasteiger partial charge in [-0.2, -0.15) is 0 Å². The Bertz CT molecular complexity index is 332. The van der Waals surface area contributed by atoms with E-state index in [4.69, 9.17) is 14.6 Å². The van der Waals surface area contributed by atoms with E-state index < -0.39 is 10.0 Å². The van der Waals surface area contributed by atoms with E-state index in [-0.39, 0.29) is 5.75 Å². The van der Waals surface area contributed by atoms with Gasteiger partial charge in [0.2, 0.25) is 10.0 Å². The average molecular weight is 293 g/mol. The van der Waals surface area contributed by atoms with Crippen molar-refractivity contribution in [2.75, 3.05) is 19.5 Å². The van der Waals surface area contributed by atoms with Gasteiger partial charge in [0, 0.05) is 13.7 Å². The van der Waals surface area contributed by atoms with Crippen molar-refractivity contribution in [3.63, 3.8) is 0 Å². The largest absolute Gasteiger partial charge is 0.381 e. The highest BCUT2D eigenvalue weighted by molar-refractivity contribution is 7.89. The van der Waals surface area contributed by atoms with E-state index in [0.717, 1.165) is 45.1 Å². The van der Waals surface area contributed by atoms with E-state index in [1.54, 1.807) is 7.11 Å². The number of ether oxygens (including phenoxy) is 2. The molecule has 1 fully saturated rings. The van der Waals surface area contributed by atoms with Crippen LogP contribution in [0.1, 0.15) is 51.4 Å². The molecular formula is C13H27NO4S. The number of unbranched alkanes of at least 4 members (excludes halogenated alkanes) is 3. The molecule has 0 spiro atoms. The molecule has 5 nitrogen and oxygen atoms in total. The van der Waals surface area contributed by atoms with Gasteiger partial charge in [0.1, 0.15) is 0 Å². The van der Waals surface area contributed by atoms with Gasteiger partial charge in [-0.25, -0.2) is 13.6 Å². The van der Waals surface area contributed by atoms with Gasteiger partial charge in [-0.1, -0.05) is 12.8 Å². The molecule has 1 aliphatic carbocycles. The smallest absolute Gasteiger partial charge is 0.209 e. The predicted octanol–water partition coefficient (Wildman–Crippen LogP) is 1.81. The van der Waals surface area contributed by atoms with E-state index >= 15 is 0 Å². The van der Waals surface area contributed by atoms with Crippen molar-refractivity contribution in [1.29, 1.82) is 0 Å². The zero-order chi connectivity index (χ0) is 14.1. The minimum absolute atomic E-state index is 0.0893. The first-order valence-electron chi connectivity index (χ1n) is 7.16. The molecule has 1 aliphatic rings. The first-order valence-corrected chi connectivity index (χ1v) is 8.87. The fraction of sp³-hybridized carbons (Fsp3) is 1.00. The fourth-order valence-corrected chi connectivity index (χ4v) is 3.08. The Morgan fingerprint density at radius 2 is 1.79 bits per heavy atom. The second kappa shape index (κ2) is 8.89. The summed E-state index contributed by atoms with van der Waals surface area (Å²) in [6, 6.07) is 0. The van der Waals surface area contributed by atoms with E-state index in [1.807, 2.05) is 0 Å². The second-order valence-electron chi connectivity index (χ2n) is 5.30. The van der Waals surface area contributed by atoms with E-state index in [0.29, 0.717) is 18.6 Å². The van der Waals surface area contributed by atoms with Crippen molar-refractivity contribution in [3.8, 4) is 0 Å². The number of nitrogens with two attached hydrogens (primary N) is 1. The monoisotopic (exact) mass is 293 g/mol. The van der Waals surface area contributed by atoms with E-state index in [1.165, 1.54) is 6.42 Å². The summed E-state index contributed by atoms with van der Waals surface area (Å²) >= 11 is 0. The first-order chi connectivity index (χ1) is 9.01. The molecule has 1 saturated carbocycles. The van der Waals surface area contributed by atoms with Crippen molar-refractivity contribution in [3.05, 3.63) is 0 Å². The normalized spacial score (nSPS) is 24.5. The van der Waals surface area contributed by atoms with Crippen LogP contribution in [0.3, 0.4) is 0 Å². The third kappa shape index (κ3) is 8.57. The maximum atomic E-state index is 10.7. The summed E-state index contributed by atoms with van der Waals surface area (Å²) in [7, 11) is -1.53. The number of hydrogen-bond acceptors (Lipinski definition) is 4. The van der Waals surface area contributed by atoms with Crippen LogP contribution >= 0.6 is 0 Å². The maximum Gasteiger partial charge on any atom is 0.209 e. The number of methoxy groups -OCH3 is 1. The van der Waals surface area contributed by atoms with Gasteiger partial charge in [-0.15, -0.1) is 0 Å². The topological polar surface area (TPSA) is 78.6 Å². The Labute approximate surface area is 116 Å². The molecule has 1 rings (SSSR count). The molecule has 0 radical (unpaired) electrons. The Hall–Kier alpha value is -0.170.